The third-order valence-corrected chi connectivity index (χ3v) is 4.38. The maximum Gasteiger partial charge on any atom is 0.341 e. The maximum absolute atomic E-state index is 12.4. The molecule has 0 aliphatic rings. The average Bonchev–Trinajstić information content (AvgIpc) is 3.06. The van der Waals surface area contributed by atoms with Gasteiger partial charge in [-0.15, -0.1) is 0 Å². The van der Waals surface area contributed by atoms with Crippen molar-refractivity contribution >= 4 is 23.0 Å². The number of carbonyl (C=O) groups excluding carboxylic acids is 2. The second kappa shape index (κ2) is 7.67. The Bertz CT molecular complexity index is 1130. The van der Waals surface area contributed by atoms with Crippen LogP contribution >= 0.6 is 0 Å². The SMILES string of the molecule is CCn1c(=O)c(C)nc2cc(C(=O)OCc3cc(C(=O)OC)c(C)o3)ccc21. The molecule has 28 heavy (non-hydrogen) atoms. The molecule has 2 aromatic heterocycles. The smallest absolute Gasteiger partial charge is 0.341 e. The number of benzene rings is 1. The van der Waals surface area contributed by atoms with E-state index in [1.807, 2.05) is 6.92 Å². The molecular formula is C20H20N2O6. The number of nitrogens with zero attached hydrogens (tertiary/aromatic N) is 2. The second-order valence-electron chi connectivity index (χ2n) is 6.20. The Morgan fingerprint density at radius 1 is 1.18 bits per heavy atom. The molecule has 3 aromatic rings. The molecule has 146 valence electrons. The summed E-state index contributed by atoms with van der Waals surface area (Å²) in [7, 11) is 1.28. The zero-order valence-electron chi connectivity index (χ0n) is 16.1. The number of furan rings is 1. The first-order chi connectivity index (χ1) is 13.3. The van der Waals surface area contributed by atoms with E-state index in [0.29, 0.717) is 40.4 Å². The number of carbonyl (C=O) groups is 2. The molecule has 0 saturated heterocycles. The molecular weight excluding hydrogens is 364 g/mol. The summed E-state index contributed by atoms with van der Waals surface area (Å²) >= 11 is 0. The Hall–Kier alpha value is -3.42. The summed E-state index contributed by atoms with van der Waals surface area (Å²) in [5, 5.41) is 0. The third-order valence-electron chi connectivity index (χ3n) is 4.38. The van der Waals surface area contributed by atoms with Gasteiger partial charge in [0.1, 0.15) is 29.4 Å². The van der Waals surface area contributed by atoms with Crippen molar-refractivity contribution in [2.24, 2.45) is 0 Å². The largest absolute Gasteiger partial charge is 0.465 e. The number of rotatable bonds is 5. The minimum Gasteiger partial charge on any atom is -0.465 e. The molecule has 0 unspecified atom stereocenters. The number of aromatic nitrogens is 2. The lowest BCUT2D eigenvalue weighted by atomic mass is 10.2. The van der Waals surface area contributed by atoms with Crippen LogP contribution in [-0.4, -0.2) is 28.6 Å². The van der Waals surface area contributed by atoms with Crippen LogP contribution < -0.4 is 5.56 Å². The number of aryl methyl sites for hydroxylation is 3. The topological polar surface area (TPSA) is 101 Å². The van der Waals surface area contributed by atoms with Gasteiger partial charge in [-0.3, -0.25) is 4.79 Å². The lowest BCUT2D eigenvalue weighted by Crippen LogP contribution is -2.23. The molecule has 8 nitrogen and oxygen atoms in total. The minimum atomic E-state index is -0.565. The zero-order chi connectivity index (χ0) is 20.4. The fourth-order valence-electron chi connectivity index (χ4n) is 2.96. The summed E-state index contributed by atoms with van der Waals surface area (Å²) in [5.74, 6) is -0.359. The van der Waals surface area contributed by atoms with Crippen LogP contribution in [0.2, 0.25) is 0 Å². The monoisotopic (exact) mass is 384 g/mol. The highest BCUT2D eigenvalue weighted by Gasteiger charge is 2.17. The molecule has 0 radical (unpaired) electrons. The van der Waals surface area contributed by atoms with E-state index in [1.54, 1.807) is 36.6 Å². The Balaban J connectivity index is 1.81. The van der Waals surface area contributed by atoms with Crippen molar-refractivity contribution in [1.29, 1.82) is 0 Å². The van der Waals surface area contributed by atoms with Gasteiger partial charge in [-0.1, -0.05) is 0 Å². The van der Waals surface area contributed by atoms with E-state index in [-0.39, 0.29) is 17.7 Å². The number of ether oxygens (including phenoxy) is 2. The van der Waals surface area contributed by atoms with Crippen molar-refractivity contribution in [2.45, 2.75) is 33.9 Å². The number of hydrogen-bond acceptors (Lipinski definition) is 7. The van der Waals surface area contributed by atoms with Crippen LogP contribution in [0.4, 0.5) is 0 Å². The van der Waals surface area contributed by atoms with Gasteiger partial charge < -0.3 is 18.5 Å². The van der Waals surface area contributed by atoms with Gasteiger partial charge in [-0.05, 0) is 45.0 Å². The molecule has 3 rings (SSSR count). The Morgan fingerprint density at radius 2 is 1.93 bits per heavy atom. The van der Waals surface area contributed by atoms with Gasteiger partial charge in [0.25, 0.3) is 5.56 Å². The predicted octanol–water partition coefficient (Wildman–Crippen LogP) is 2.77. The first kappa shape index (κ1) is 19.3. The third kappa shape index (κ3) is 3.53. The highest BCUT2D eigenvalue weighted by atomic mass is 16.5. The zero-order valence-corrected chi connectivity index (χ0v) is 16.1. The fraction of sp³-hybridized carbons (Fsp3) is 0.300. The Labute approximate surface area is 160 Å². The molecule has 0 atom stereocenters. The molecule has 0 N–H and O–H groups in total. The highest BCUT2D eigenvalue weighted by Crippen LogP contribution is 2.18. The van der Waals surface area contributed by atoms with E-state index in [2.05, 4.69) is 9.72 Å². The molecule has 2 heterocycles. The minimum absolute atomic E-state index is 0.129. The van der Waals surface area contributed by atoms with E-state index in [9.17, 15) is 14.4 Å². The van der Waals surface area contributed by atoms with Crippen molar-refractivity contribution in [3.63, 3.8) is 0 Å². The van der Waals surface area contributed by atoms with Gasteiger partial charge >= 0.3 is 11.9 Å². The number of methoxy groups -OCH3 is 1. The lowest BCUT2D eigenvalue weighted by Gasteiger charge is -2.10. The van der Waals surface area contributed by atoms with Crippen LogP contribution in [-0.2, 0) is 22.6 Å². The standard InChI is InChI=1S/C20H20N2O6/c1-5-22-17-7-6-13(8-16(17)21-11(2)18(22)23)19(24)27-10-14-9-15(12(3)28-14)20(25)26-4/h6-9H,5,10H2,1-4H3. The van der Waals surface area contributed by atoms with Gasteiger partial charge in [0.05, 0.1) is 23.7 Å². The average molecular weight is 384 g/mol. The molecule has 0 spiro atoms. The summed E-state index contributed by atoms with van der Waals surface area (Å²) in [5.41, 5.74) is 1.99. The second-order valence-corrected chi connectivity index (χ2v) is 6.20. The van der Waals surface area contributed by atoms with Crippen LogP contribution in [0.25, 0.3) is 11.0 Å². The predicted molar refractivity (Wildman–Crippen MR) is 100 cm³/mol. The quantitative estimate of drug-likeness (QED) is 0.624. The van der Waals surface area contributed by atoms with E-state index >= 15 is 0 Å². The van der Waals surface area contributed by atoms with E-state index in [4.69, 9.17) is 9.15 Å². The van der Waals surface area contributed by atoms with Crippen LogP contribution in [0.3, 0.4) is 0 Å². The number of hydrogen-bond donors (Lipinski definition) is 0. The molecule has 8 heteroatoms. The summed E-state index contributed by atoms with van der Waals surface area (Å²) in [6.45, 7) is 5.51. The molecule has 0 aliphatic heterocycles. The van der Waals surface area contributed by atoms with Crippen LogP contribution in [0.15, 0.2) is 33.5 Å². The summed E-state index contributed by atoms with van der Waals surface area (Å²) in [6, 6.07) is 6.33. The van der Waals surface area contributed by atoms with Crippen LogP contribution in [0.1, 0.15) is 44.9 Å². The normalized spacial score (nSPS) is 10.9. The lowest BCUT2D eigenvalue weighted by molar-refractivity contribution is 0.0444. The van der Waals surface area contributed by atoms with Crippen molar-refractivity contribution in [3.05, 3.63) is 63.0 Å². The first-order valence-corrected chi connectivity index (χ1v) is 8.71. The van der Waals surface area contributed by atoms with E-state index in [1.165, 1.54) is 13.2 Å². The Kier molecular flexibility index (Phi) is 5.30. The highest BCUT2D eigenvalue weighted by molar-refractivity contribution is 5.93. The fourth-order valence-corrected chi connectivity index (χ4v) is 2.96. The molecule has 1 aromatic carbocycles. The maximum atomic E-state index is 12.4. The molecule has 0 aliphatic carbocycles. The number of esters is 2. The van der Waals surface area contributed by atoms with Crippen LogP contribution in [0.5, 0.6) is 0 Å². The summed E-state index contributed by atoms with van der Waals surface area (Å²) in [4.78, 5) is 40.4. The van der Waals surface area contributed by atoms with Gasteiger partial charge in [-0.2, -0.15) is 0 Å². The molecule has 0 bridgehead atoms. The van der Waals surface area contributed by atoms with Gasteiger partial charge in [-0.25, -0.2) is 14.6 Å². The van der Waals surface area contributed by atoms with Crippen molar-refractivity contribution in [2.75, 3.05) is 7.11 Å². The van der Waals surface area contributed by atoms with Gasteiger partial charge in [0.2, 0.25) is 0 Å². The van der Waals surface area contributed by atoms with Crippen molar-refractivity contribution < 1.29 is 23.5 Å². The van der Waals surface area contributed by atoms with Crippen molar-refractivity contribution in [3.8, 4) is 0 Å². The van der Waals surface area contributed by atoms with Crippen molar-refractivity contribution in [1.82, 2.24) is 9.55 Å². The Morgan fingerprint density at radius 3 is 2.61 bits per heavy atom. The molecule has 0 amide bonds. The summed E-state index contributed by atoms with van der Waals surface area (Å²) < 4.78 is 17.0. The summed E-state index contributed by atoms with van der Waals surface area (Å²) in [6.07, 6.45) is 0. The van der Waals surface area contributed by atoms with Gasteiger partial charge in [0, 0.05) is 6.54 Å². The van der Waals surface area contributed by atoms with Gasteiger partial charge in [0.15, 0.2) is 0 Å². The molecule has 0 saturated carbocycles. The molecule has 0 fully saturated rings. The van der Waals surface area contributed by atoms with E-state index in [0.717, 1.165) is 0 Å². The first-order valence-electron chi connectivity index (χ1n) is 8.71. The number of fused-ring (bicyclic) bond motifs is 1. The van der Waals surface area contributed by atoms with Crippen LogP contribution in [0, 0.1) is 13.8 Å². The van der Waals surface area contributed by atoms with E-state index < -0.39 is 11.9 Å².